The monoisotopic (exact) mass is 2040 g/mol. The number of H-pyrrole nitrogens is 1. The Kier molecular flexibility index (Phi) is 41.8. The minimum atomic E-state index is -1.81. The van der Waals surface area contributed by atoms with E-state index in [4.69, 9.17) is 17.2 Å². The average Bonchev–Trinajstić information content (AvgIpc) is 1.63. The number of carbonyl (C=O) groups is 18. The number of aromatic hydroxyl groups is 1. The maximum absolute atomic E-state index is 16.1. The zero-order valence-corrected chi connectivity index (χ0v) is 84.6. The van der Waals surface area contributed by atoms with Gasteiger partial charge in [0.05, 0.1) is 30.5 Å². The maximum Gasteiger partial charge on any atom is 0.323 e. The Morgan fingerprint density at radius 3 is 1.79 bits per heavy atom. The highest BCUT2D eigenvalue weighted by molar-refractivity contribution is 8.00. The predicted molar refractivity (Wildman–Crippen MR) is 542 cm³/mol. The number of rotatable bonds is 29. The first kappa shape index (κ1) is 113. The number of aliphatic hydroxyl groups excluding tert-OH is 1. The summed E-state index contributed by atoms with van der Waals surface area (Å²) in [7, 11) is 3.92. The molecule has 146 heavy (non-hydrogen) atoms. The zero-order chi connectivity index (χ0) is 106. The van der Waals surface area contributed by atoms with Gasteiger partial charge in [-0.15, -0.1) is 11.8 Å². The molecule has 3 aromatic heterocycles. The van der Waals surface area contributed by atoms with Crippen LogP contribution in [0.3, 0.4) is 0 Å². The molecule has 788 valence electrons. The molecule has 3 aliphatic rings. The molecule has 0 aliphatic carbocycles. The molecule has 44 nitrogen and oxygen atoms in total. The van der Waals surface area contributed by atoms with Crippen LogP contribution in [0.25, 0.3) is 33.1 Å². The molecule has 17 amide bonds. The summed E-state index contributed by atoms with van der Waals surface area (Å²) in [6, 6.07) is 8.07. The number of hydrogen-bond donors (Lipinski definition) is 18. The Labute approximate surface area is 850 Å². The van der Waals surface area contributed by atoms with Gasteiger partial charge in [-0.25, -0.2) is 9.97 Å². The first-order chi connectivity index (χ1) is 69.6. The van der Waals surface area contributed by atoms with Gasteiger partial charge in [0, 0.05) is 118 Å². The highest BCUT2D eigenvalue weighted by Gasteiger charge is 2.47. The topological polar surface area (TPSA) is 641 Å². The predicted octanol–water partition coefficient (Wildman–Crippen LogP) is 0.372. The molecule has 0 radical (unpaired) electrons. The van der Waals surface area contributed by atoms with E-state index in [-0.39, 0.29) is 94.9 Å². The van der Waals surface area contributed by atoms with E-state index >= 15 is 47.9 Å². The molecule has 3 aliphatic heterocycles. The van der Waals surface area contributed by atoms with Gasteiger partial charge in [-0.05, 0) is 117 Å². The summed E-state index contributed by atoms with van der Waals surface area (Å²) < 4.78 is 1.44. The molecule has 3 saturated heterocycles. The molecular weight excluding hydrogens is 1900 g/mol. The summed E-state index contributed by atoms with van der Waals surface area (Å²) >= 11 is 0.783. The lowest BCUT2D eigenvalue weighted by Gasteiger charge is -2.36. The van der Waals surface area contributed by atoms with Crippen molar-refractivity contribution in [3.05, 3.63) is 144 Å². The number of carboxylic acids is 1. The van der Waals surface area contributed by atoms with Crippen LogP contribution in [0.4, 0.5) is 5.95 Å². The highest BCUT2D eigenvalue weighted by Crippen LogP contribution is 2.30. The van der Waals surface area contributed by atoms with Gasteiger partial charge in [0.1, 0.15) is 96.9 Å². The number of likely N-dealkylation sites (N-methyl/N-ethyl adjacent to an activating group) is 3. The first-order valence-electron chi connectivity index (χ1n) is 49.2. The lowest BCUT2D eigenvalue weighted by molar-refractivity contribution is -0.149. The quantitative estimate of drug-likeness (QED) is 0.0301. The number of fused-ring (bicyclic) bond motifs is 4. The Hall–Kier alpha value is -14.6. The number of benzene rings is 4. The van der Waals surface area contributed by atoms with Crippen molar-refractivity contribution in [2.75, 3.05) is 70.7 Å². The van der Waals surface area contributed by atoms with Gasteiger partial charge in [-0.1, -0.05) is 146 Å². The number of nitrogens with one attached hydrogen (secondary N) is 12. The summed E-state index contributed by atoms with van der Waals surface area (Å²) in [5.41, 5.74) is 21.0. The number of hydrogen-bond acceptors (Lipinski definition) is 25. The molecule has 6 heterocycles. The molecule has 3 fully saturated rings. The van der Waals surface area contributed by atoms with Gasteiger partial charge in [-0.2, -0.15) is 0 Å². The number of carbonyl (C=O) groups excluding carboxylic acids is 17. The second-order valence-corrected chi connectivity index (χ2v) is 39.1. The Morgan fingerprint density at radius 2 is 1.12 bits per heavy atom. The van der Waals surface area contributed by atoms with Crippen LogP contribution in [0.5, 0.6) is 5.75 Å². The Bertz CT molecular complexity index is 5830. The van der Waals surface area contributed by atoms with Gasteiger partial charge in [0.15, 0.2) is 0 Å². The van der Waals surface area contributed by atoms with Crippen LogP contribution >= 0.6 is 11.8 Å². The van der Waals surface area contributed by atoms with E-state index < -0.39 is 254 Å². The fraction of sp³-hybridized carbons (Fsp3) is 0.505. The molecule has 10 rings (SSSR count). The zero-order valence-electron chi connectivity index (χ0n) is 83.8. The van der Waals surface area contributed by atoms with Crippen LogP contribution in [0.2, 0.25) is 0 Å². The van der Waals surface area contributed by atoms with Crippen molar-refractivity contribution in [3.63, 3.8) is 0 Å². The minimum Gasteiger partial charge on any atom is -0.508 e. The molecule has 0 spiro atoms. The van der Waals surface area contributed by atoms with E-state index in [1.165, 1.54) is 74.2 Å². The van der Waals surface area contributed by atoms with Crippen molar-refractivity contribution in [1.29, 1.82) is 0 Å². The molecule has 45 heteroatoms. The van der Waals surface area contributed by atoms with E-state index in [9.17, 15) is 53.7 Å². The average molecular weight is 2040 g/mol. The van der Waals surface area contributed by atoms with Crippen LogP contribution in [0.1, 0.15) is 149 Å². The number of phenolic OH excluding ortho intramolecular Hbond substituents is 1. The number of aliphatic hydroxyl groups is 1. The molecule has 0 saturated carbocycles. The number of thioether (sulfide) groups is 1. The van der Waals surface area contributed by atoms with Crippen molar-refractivity contribution in [2.45, 2.75) is 248 Å². The van der Waals surface area contributed by atoms with E-state index in [0.717, 1.165) is 31.4 Å². The summed E-state index contributed by atoms with van der Waals surface area (Å²) in [6.07, 6.45) is 2.13. The summed E-state index contributed by atoms with van der Waals surface area (Å²) in [5.74, 6) is -19.1. The first-order valence-corrected chi connectivity index (χ1v) is 50.4. The maximum atomic E-state index is 16.1. The molecule has 0 unspecified atom stereocenters. The third kappa shape index (κ3) is 31.2. The van der Waals surface area contributed by atoms with Crippen LogP contribution in [-0.4, -0.2) is 322 Å². The van der Waals surface area contributed by atoms with Crippen molar-refractivity contribution < 1.29 is 102 Å². The minimum absolute atomic E-state index is 0.00375. The fourth-order valence-corrected chi connectivity index (χ4v) is 19.0. The van der Waals surface area contributed by atoms with E-state index in [2.05, 4.69) is 73.4 Å². The number of unbranched alkanes of at least 4 members (excludes halogenated alkanes) is 2. The lowest BCUT2D eigenvalue weighted by atomic mass is 9.99. The fourth-order valence-electron chi connectivity index (χ4n) is 18.2. The molecular formula is C101H137N23O21S. The number of nitrogens with two attached hydrogens (primary N) is 3. The Morgan fingerprint density at radius 1 is 0.555 bits per heavy atom. The van der Waals surface area contributed by atoms with Crippen LogP contribution in [-0.2, 0) is 112 Å². The number of nitrogens with zero attached hydrogens (tertiary/aromatic N) is 8. The number of carboxylic acid groups (broad SMARTS) is 1. The van der Waals surface area contributed by atoms with Gasteiger partial charge in [0.25, 0.3) is 0 Å². The third-order valence-corrected chi connectivity index (χ3v) is 27.1. The number of phenols is 1. The highest BCUT2D eigenvalue weighted by atomic mass is 32.2. The summed E-state index contributed by atoms with van der Waals surface area (Å²) in [6.45, 7) is 9.28. The van der Waals surface area contributed by atoms with Crippen LogP contribution in [0, 0.1) is 11.8 Å². The second kappa shape index (κ2) is 53.8. The number of aromatic amines is 1. The second-order valence-electron chi connectivity index (χ2n) is 38.1. The molecule has 7 aromatic rings. The third-order valence-electron chi connectivity index (χ3n) is 26.0. The normalized spacial score (nSPS) is 23.8. The largest absolute Gasteiger partial charge is 0.508 e. The number of aliphatic carboxylic acids is 1. The number of aromatic nitrogens is 4. The lowest BCUT2D eigenvalue weighted by Crippen LogP contribution is -2.61. The number of para-hydroxylation sites is 2. The standard InChI is InChI=1S/C101H137N23O21S/c1-11-13-28-79-93(138)111-70(41-56(3)4)90(135)117-77(88(133)107-50-84(104)128)54-146-55-85(129)109-73(43-59-32-34-63(125)35-33-59)96(141)119(8)58(7)87(132)113-75(47-83(103)127)98(143)123-40-22-31-80(123)94(139)116-76(49-108-101-105-39-37-67(118-101)60-23-16-15-17-24-60)92(137)114-72(42-57(5)6)99(144)124-52-64(126)46-82(124)95(140)112-71(44-61-48-106-68-27-20-18-25-65(61)68)91(136)110-69(36-38-102)89(134)115-74(97(142)121(10)81(29-14-12-2)100(145)120(79)9)45-62-51-122(53-86(130)131)78-30-21-19-26-66(62)78/h15-21,23-27,30,32-35,37,39,48,51,56-58,64,69-77,79-82,106,125-126H,11-14,22,28-29,31,36,38,40-47,49-50,52-55,102H2,1-10H3,(H2,103,127)(H2,104,128)(H,107,133)(H,109,129)(H,110,136)(H,111,138)(H,112,140)(H,113,132)(H,114,137)(H,115,134)(H,116,139)(H,117,135)(H,130,131)(H,105,108,118)/t58-,64+,69-,70-,71-,72-,73-,74-,75-,76-,77-,79-,80-,81-,82-/m0/s1. The van der Waals surface area contributed by atoms with Crippen molar-refractivity contribution >= 4 is 146 Å². The summed E-state index contributed by atoms with van der Waals surface area (Å²) in [5, 5.41) is 63.2. The van der Waals surface area contributed by atoms with Gasteiger partial charge >= 0.3 is 5.97 Å². The van der Waals surface area contributed by atoms with E-state index in [1.807, 2.05) is 13.8 Å². The van der Waals surface area contributed by atoms with Gasteiger partial charge in [-0.3, -0.25) is 86.3 Å². The molecule has 0 bridgehead atoms. The van der Waals surface area contributed by atoms with Gasteiger partial charge in [0.2, 0.25) is 106 Å². The SMILES string of the molecule is CCCC[C@H]1C(=O)N(C)[C@@H](CCCC)C(=O)N[C@@H](CC(C)C)C(=O)N[C@H](C(=O)NCC(N)=O)CSCC(=O)N[C@@H](Cc2ccc(O)cc2)C(=O)N(C)[C@@H](C)C(=O)N[C@@H](CC(N)=O)C(=O)N2CCC[C@H]2C(=O)N[C@@H](CNc2nccc(-c3ccccc3)n2)C(=O)N[C@@H](CC(C)C)C(=O)N2C[C@H](O)C[C@H]2C(=O)N[C@@H](Cc2c[nH]c3ccccc23)C(=O)N[C@@H](CCN)C(=O)N[C@@H](Cc2cn(CC(=O)O)c3ccccc23)C(=O)N1C. The van der Waals surface area contributed by atoms with Crippen molar-refractivity contribution in [2.24, 2.45) is 29.0 Å². The number of amides is 17. The van der Waals surface area contributed by atoms with Crippen molar-refractivity contribution in [1.82, 2.24) is 97.2 Å². The Balaban J connectivity index is 1.05. The van der Waals surface area contributed by atoms with E-state index in [1.54, 1.807) is 119 Å². The van der Waals surface area contributed by atoms with E-state index in [0.29, 0.717) is 75.4 Å². The van der Waals surface area contributed by atoms with Crippen LogP contribution in [0.15, 0.2) is 128 Å². The van der Waals surface area contributed by atoms with Crippen LogP contribution < -0.4 is 75.7 Å². The summed E-state index contributed by atoms with van der Waals surface area (Å²) in [4.78, 5) is 284. The number of primary amides is 2. The molecule has 21 N–H and O–H groups in total. The molecule has 15 atom stereocenters. The van der Waals surface area contributed by atoms with Crippen molar-refractivity contribution in [3.8, 4) is 17.0 Å². The smallest absolute Gasteiger partial charge is 0.323 e. The van der Waals surface area contributed by atoms with Gasteiger partial charge < -0.3 is 125 Å². The number of anilines is 1. The molecule has 4 aromatic carbocycles.